The summed E-state index contributed by atoms with van der Waals surface area (Å²) in [6.07, 6.45) is 0.862. The Morgan fingerprint density at radius 2 is 1.74 bits per heavy atom. The number of hydrogen-bond donors (Lipinski definition) is 2. The number of para-hydroxylation sites is 2. The lowest BCUT2D eigenvalue weighted by molar-refractivity contribution is -0.116. The molecule has 0 saturated heterocycles. The first-order chi connectivity index (χ1) is 16.5. The number of benzene rings is 3. The highest BCUT2D eigenvalue weighted by Crippen LogP contribution is 2.46. The van der Waals surface area contributed by atoms with Gasteiger partial charge >= 0.3 is 0 Å². The van der Waals surface area contributed by atoms with Gasteiger partial charge in [0.1, 0.15) is 17.3 Å². The summed E-state index contributed by atoms with van der Waals surface area (Å²) < 4.78 is 26.8. The van der Waals surface area contributed by atoms with Gasteiger partial charge in [-0.1, -0.05) is 28.1 Å². The molecule has 0 fully saturated rings. The number of halogens is 2. The number of Topliss-reactive ketones (excluding diaryl/α,β-unsaturated/α-hetero) is 1. The number of nitrogens with one attached hydrogen (secondary N) is 2. The van der Waals surface area contributed by atoms with Crippen molar-refractivity contribution in [2.45, 2.75) is 24.8 Å². The summed E-state index contributed by atoms with van der Waals surface area (Å²) >= 11 is 3.45. The van der Waals surface area contributed by atoms with Crippen LogP contribution in [0.25, 0.3) is 0 Å². The van der Waals surface area contributed by atoms with Crippen LogP contribution in [0, 0.1) is 5.82 Å². The van der Waals surface area contributed by atoms with Crippen LogP contribution in [0.4, 0.5) is 15.8 Å². The predicted octanol–water partition coefficient (Wildman–Crippen LogP) is 6.58. The maximum absolute atomic E-state index is 15.0. The van der Waals surface area contributed by atoms with Crippen molar-refractivity contribution in [1.29, 1.82) is 0 Å². The fourth-order valence-electron chi connectivity index (χ4n) is 4.84. The minimum atomic E-state index is -0.621. The van der Waals surface area contributed by atoms with Crippen LogP contribution in [0.5, 0.6) is 11.5 Å². The Kier molecular flexibility index (Phi) is 6.04. The first-order valence-electron chi connectivity index (χ1n) is 11.0. The van der Waals surface area contributed by atoms with Gasteiger partial charge in [-0.05, 0) is 55.0 Å². The minimum Gasteiger partial charge on any atom is -0.497 e. The standard InChI is InChI=1S/C27H24BrFN2O3/c1-33-17-8-10-25(34-2)18(14-17)15-11-23-26(24(32)12-15)27(19-13-16(28)7-9-20(19)29)31-22-6-4-3-5-21(22)30-23/h3-10,13-15,27,30-31H,11-12H2,1-2H3. The molecule has 0 bridgehead atoms. The Hall–Kier alpha value is -3.32. The molecule has 1 heterocycles. The Balaban J connectivity index is 1.64. The fourth-order valence-corrected chi connectivity index (χ4v) is 5.22. The average molecular weight is 523 g/mol. The predicted molar refractivity (Wildman–Crippen MR) is 134 cm³/mol. The second kappa shape index (κ2) is 9.14. The number of rotatable bonds is 4. The Morgan fingerprint density at radius 1 is 0.941 bits per heavy atom. The zero-order chi connectivity index (χ0) is 23.8. The molecular formula is C27H24BrFN2O3. The topological polar surface area (TPSA) is 59.6 Å². The van der Waals surface area contributed by atoms with E-state index >= 15 is 4.39 Å². The van der Waals surface area contributed by atoms with Crippen molar-refractivity contribution in [2.24, 2.45) is 0 Å². The quantitative estimate of drug-likeness (QED) is 0.405. The van der Waals surface area contributed by atoms with Gasteiger partial charge in [-0.15, -0.1) is 0 Å². The summed E-state index contributed by atoms with van der Waals surface area (Å²) in [5.41, 5.74) is 4.34. The van der Waals surface area contributed by atoms with Crippen molar-refractivity contribution in [1.82, 2.24) is 0 Å². The molecule has 0 saturated carbocycles. The molecule has 1 aliphatic carbocycles. The molecule has 0 aromatic heterocycles. The average Bonchev–Trinajstić information content (AvgIpc) is 3.01. The summed E-state index contributed by atoms with van der Waals surface area (Å²) in [5, 5.41) is 6.90. The van der Waals surface area contributed by atoms with E-state index in [1.807, 2.05) is 42.5 Å². The normalized spacial score (nSPS) is 19.4. The van der Waals surface area contributed by atoms with Crippen molar-refractivity contribution in [3.63, 3.8) is 0 Å². The molecule has 5 nitrogen and oxygen atoms in total. The van der Waals surface area contributed by atoms with Crippen LogP contribution in [0.2, 0.25) is 0 Å². The van der Waals surface area contributed by atoms with E-state index in [4.69, 9.17) is 9.47 Å². The molecule has 7 heteroatoms. The minimum absolute atomic E-state index is 0.0340. The van der Waals surface area contributed by atoms with Crippen LogP contribution in [-0.4, -0.2) is 20.0 Å². The van der Waals surface area contributed by atoms with Crippen molar-refractivity contribution < 1.29 is 18.7 Å². The molecule has 5 rings (SSSR count). The number of ether oxygens (including phenoxy) is 2. The molecule has 0 spiro atoms. The van der Waals surface area contributed by atoms with Crippen LogP contribution < -0.4 is 20.1 Å². The number of allylic oxidation sites excluding steroid dienone is 1. The molecule has 34 heavy (non-hydrogen) atoms. The maximum atomic E-state index is 15.0. The second-order valence-corrected chi connectivity index (χ2v) is 9.36. The molecule has 3 aromatic rings. The van der Waals surface area contributed by atoms with E-state index in [2.05, 4.69) is 26.6 Å². The third-order valence-electron chi connectivity index (χ3n) is 6.45. The van der Waals surface area contributed by atoms with E-state index in [1.165, 1.54) is 6.07 Å². The van der Waals surface area contributed by atoms with Crippen molar-refractivity contribution in [3.8, 4) is 11.5 Å². The lowest BCUT2D eigenvalue weighted by Crippen LogP contribution is -2.27. The first kappa shape index (κ1) is 22.5. The number of hydrogen-bond acceptors (Lipinski definition) is 5. The van der Waals surface area contributed by atoms with E-state index in [1.54, 1.807) is 26.4 Å². The van der Waals surface area contributed by atoms with Crippen LogP contribution in [0.1, 0.15) is 35.9 Å². The van der Waals surface area contributed by atoms with Gasteiger partial charge in [0.15, 0.2) is 5.78 Å². The molecule has 3 aromatic carbocycles. The number of carbonyl (C=O) groups excluding carboxylic acids is 1. The number of carbonyl (C=O) groups is 1. The first-order valence-corrected chi connectivity index (χ1v) is 11.8. The third kappa shape index (κ3) is 4.05. The highest BCUT2D eigenvalue weighted by molar-refractivity contribution is 9.10. The summed E-state index contributed by atoms with van der Waals surface area (Å²) in [4.78, 5) is 13.7. The van der Waals surface area contributed by atoms with Gasteiger partial charge in [-0.3, -0.25) is 4.79 Å². The van der Waals surface area contributed by atoms with Crippen molar-refractivity contribution >= 4 is 33.1 Å². The number of anilines is 2. The number of ketones is 1. The highest BCUT2D eigenvalue weighted by Gasteiger charge is 2.37. The van der Waals surface area contributed by atoms with Crippen molar-refractivity contribution in [3.05, 3.63) is 93.4 Å². The molecule has 1 aliphatic heterocycles. The number of fused-ring (bicyclic) bond motifs is 1. The van der Waals surface area contributed by atoms with E-state index < -0.39 is 6.04 Å². The Labute approximate surface area is 206 Å². The van der Waals surface area contributed by atoms with Gasteiger partial charge in [0.25, 0.3) is 0 Å². The smallest absolute Gasteiger partial charge is 0.163 e. The van der Waals surface area contributed by atoms with Crippen LogP contribution in [0.15, 0.2) is 76.4 Å². The zero-order valence-corrected chi connectivity index (χ0v) is 20.4. The zero-order valence-electron chi connectivity index (χ0n) is 18.8. The van der Waals surface area contributed by atoms with E-state index in [9.17, 15) is 4.79 Å². The summed E-state index contributed by atoms with van der Waals surface area (Å²) in [7, 11) is 3.24. The Morgan fingerprint density at radius 3 is 2.50 bits per heavy atom. The lowest BCUT2D eigenvalue weighted by Gasteiger charge is -2.30. The van der Waals surface area contributed by atoms with Crippen LogP contribution >= 0.6 is 15.9 Å². The van der Waals surface area contributed by atoms with Crippen LogP contribution in [0.3, 0.4) is 0 Å². The third-order valence-corrected chi connectivity index (χ3v) is 6.95. The van der Waals surface area contributed by atoms with Gasteiger partial charge in [0, 0.05) is 39.2 Å². The van der Waals surface area contributed by atoms with E-state index in [0.29, 0.717) is 29.1 Å². The summed E-state index contributed by atoms with van der Waals surface area (Å²) in [6, 6.07) is 17.5. The molecule has 2 N–H and O–H groups in total. The summed E-state index contributed by atoms with van der Waals surface area (Å²) in [5.74, 6) is 0.911. The van der Waals surface area contributed by atoms with Gasteiger partial charge in [-0.2, -0.15) is 0 Å². The van der Waals surface area contributed by atoms with E-state index in [0.717, 1.165) is 27.1 Å². The maximum Gasteiger partial charge on any atom is 0.163 e. The van der Waals surface area contributed by atoms with Gasteiger partial charge < -0.3 is 20.1 Å². The van der Waals surface area contributed by atoms with Crippen molar-refractivity contribution in [2.75, 3.05) is 24.9 Å². The molecular weight excluding hydrogens is 499 g/mol. The van der Waals surface area contributed by atoms with E-state index in [-0.39, 0.29) is 23.9 Å². The lowest BCUT2D eigenvalue weighted by atomic mass is 9.78. The second-order valence-electron chi connectivity index (χ2n) is 8.44. The molecule has 2 aliphatic rings. The monoisotopic (exact) mass is 522 g/mol. The van der Waals surface area contributed by atoms with Crippen LogP contribution in [-0.2, 0) is 4.79 Å². The fraction of sp³-hybridized carbons (Fsp3) is 0.222. The van der Waals surface area contributed by atoms with Gasteiger partial charge in [0.2, 0.25) is 0 Å². The van der Waals surface area contributed by atoms with Gasteiger partial charge in [0.05, 0.1) is 31.6 Å². The largest absolute Gasteiger partial charge is 0.497 e. The Bertz CT molecular complexity index is 1310. The number of methoxy groups -OCH3 is 2. The SMILES string of the molecule is COc1ccc(OC)c(C2CC(=O)C3=C(C2)Nc2ccccc2NC3c2cc(Br)ccc2F)c1. The molecule has 174 valence electrons. The molecule has 2 atom stereocenters. The molecule has 2 unspecified atom stereocenters. The molecule has 0 amide bonds. The highest BCUT2D eigenvalue weighted by atomic mass is 79.9. The van der Waals surface area contributed by atoms with Gasteiger partial charge in [-0.25, -0.2) is 4.39 Å². The summed E-state index contributed by atoms with van der Waals surface area (Å²) in [6.45, 7) is 0. The molecule has 0 radical (unpaired) electrons.